The molecule has 3 nitrogen and oxygen atoms in total. The van der Waals surface area contributed by atoms with Gasteiger partial charge in [-0.2, -0.15) is 0 Å². The first-order valence-corrected chi connectivity index (χ1v) is 7.24. The predicted octanol–water partition coefficient (Wildman–Crippen LogP) is 2.35. The summed E-state index contributed by atoms with van der Waals surface area (Å²) in [7, 11) is 0. The van der Waals surface area contributed by atoms with Crippen LogP contribution in [0.25, 0.3) is 0 Å². The van der Waals surface area contributed by atoms with Gasteiger partial charge in [-0.3, -0.25) is 4.90 Å². The summed E-state index contributed by atoms with van der Waals surface area (Å²) in [5.74, 6) is 1.68. The summed E-state index contributed by atoms with van der Waals surface area (Å²) < 4.78 is 5.92. The lowest BCUT2D eigenvalue weighted by molar-refractivity contribution is 0.201. The summed E-state index contributed by atoms with van der Waals surface area (Å²) in [4.78, 5) is 2.49. The van der Waals surface area contributed by atoms with Crippen LogP contribution in [0.15, 0.2) is 18.2 Å². The molecule has 0 aliphatic carbocycles. The Morgan fingerprint density at radius 1 is 1.37 bits per heavy atom. The molecule has 0 radical (unpaired) electrons. The zero-order valence-corrected chi connectivity index (χ0v) is 12.4. The van der Waals surface area contributed by atoms with Crippen molar-refractivity contribution >= 4 is 0 Å². The van der Waals surface area contributed by atoms with E-state index in [0.717, 1.165) is 32.0 Å². The largest absolute Gasteiger partial charge is 0.492 e. The minimum atomic E-state index is 0.635. The van der Waals surface area contributed by atoms with Crippen LogP contribution in [0.4, 0.5) is 0 Å². The number of hydrogen-bond acceptors (Lipinski definition) is 3. The molecule has 0 amide bonds. The summed E-state index contributed by atoms with van der Waals surface area (Å²) in [6.07, 6.45) is 1.22. The minimum absolute atomic E-state index is 0.635. The van der Waals surface area contributed by atoms with Gasteiger partial charge in [0.15, 0.2) is 0 Å². The summed E-state index contributed by atoms with van der Waals surface area (Å²) >= 11 is 0. The minimum Gasteiger partial charge on any atom is -0.492 e. The molecule has 1 heterocycles. The molecule has 0 saturated carbocycles. The molecular formula is C16H26N2O. The van der Waals surface area contributed by atoms with Crippen LogP contribution < -0.4 is 10.5 Å². The Hall–Kier alpha value is -1.06. The van der Waals surface area contributed by atoms with Crippen LogP contribution in [0.1, 0.15) is 24.5 Å². The van der Waals surface area contributed by atoms with Crippen molar-refractivity contribution in [2.24, 2.45) is 11.7 Å². The third-order valence-electron chi connectivity index (χ3n) is 4.10. The molecule has 3 heteroatoms. The number of hydrogen-bond donors (Lipinski definition) is 1. The Bertz CT molecular complexity index is 419. The van der Waals surface area contributed by atoms with E-state index in [-0.39, 0.29) is 0 Å². The molecule has 0 bridgehead atoms. The van der Waals surface area contributed by atoms with Gasteiger partial charge in [-0.15, -0.1) is 0 Å². The highest BCUT2D eigenvalue weighted by molar-refractivity contribution is 5.35. The lowest BCUT2D eigenvalue weighted by Gasteiger charge is -2.21. The van der Waals surface area contributed by atoms with Gasteiger partial charge < -0.3 is 10.5 Å². The topological polar surface area (TPSA) is 38.5 Å². The monoisotopic (exact) mass is 262 g/mol. The number of nitrogens with two attached hydrogens (primary N) is 1. The molecule has 2 atom stereocenters. The van der Waals surface area contributed by atoms with Gasteiger partial charge in [0.1, 0.15) is 12.4 Å². The first-order chi connectivity index (χ1) is 9.10. The molecule has 0 spiro atoms. The lowest BCUT2D eigenvalue weighted by atomic mass is 10.1. The lowest BCUT2D eigenvalue weighted by Crippen LogP contribution is -2.32. The summed E-state index contributed by atoms with van der Waals surface area (Å²) in [5, 5.41) is 0. The average molecular weight is 262 g/mol. The SMILES string of the molecule is Cc1ccc(C)c(OCCN2CC(CN)CC2C)c1. The normalized spacial score (nSPS) is 23.8. The third-order valence-corrected chi connectivity index (χ3v) is 4.10. The maximum Gasteiger partial charge on any atom is 0.122 e. The van der Waals surface area contributed by atoms with Gasteiger partial charge in [0, 0.05) is 19.1 Å². The highest BCUT2D eigenvalue weighted by Gasteiger charge is 2.27. The summed E-state index contributed by atoms with van der Waals surface area (Å²) in [6, 6.07) is 6.99. The maximum atomic E-state index is 5.92. The van der Waals surface area contributed by atoms with E-state index in [2.05, 4.69) is 43.9 Å². The predicted molar refractivity (Wildman–Crippen MR) is 79.6 cm³/mol. The van der Waals surface area contributed by atoms with Crippen molar-refractivity contribution in [3.63, 3.8) is 0 Å². The van der Waals surface area contributed by atoms with E-state index in [0.29, 0.717) is 12.0 Å². The molecule has 2 unspecified atom stereocenters. The van der Waals surface area contributed by atoms with Gasteiger partial charge in [-0.05, 0) is 56.8 Å². The van der Waals surface area contributed by atoms with Gasteiger partial charge >= 0.3 is 0 Å². The number of benzene rings is 1. The van der Waals surface area contributed by atoms with Gasteiger partial charge in [0.25, 0.3) is 0 Å². The first-order valence-electron chi connectivity index (χ1n) is 7.24. The Kier molecular flexibility index (Phi) is 4.83. The van der Waals surface area contributed by atoms with Crippen LogP contribution in [-0.4, -0.2) is 37.2 Å². The number of aryl methyl sites for hydroxylation is 2. The standard InChI is InChI=1S/C16H26N2O/c1-12-4-5-13(2)16(8-12)19-7-6-18-11-15(10-17)9-14(18)3/h4-5,8,14-15H,6-7,9-11,17H2,1-3H3. The van der Waals surface area contributed by atoms with Crippen LogP contribution in [0.3, 0.4) is 0 Å². The van der Waals surface area contributed by atoms with Gasteiger partial charge in [-0.25, -0.2) is 0 Å². The van der Waals surface area contributed by atoms with Crippen molar-refractivity contribution in [1.29, 1.82) is 0 Å². The Morgan fingerprint density at radius 2 is 2.16 bits per heavy atom. The molecule has 0 aromatic heterocycles. The number of ether oxygens (including phenoxy) is 1. The number of rotatable bonds is 5. The second-order valence-corrected chi connectivity index (χ2v) is 5.80. The Labute approximate surface area is 116 Å². The second-order valence-electron chi connectivity index (χ2n) is 5.80. The van der Waals surface area contributed by atoms with Crippen molar-refractivity contribution in [2.75, 3.05) is 26.2 Å². The molecule has 1 fully saturated rings. The second kappa shape index (κ2) is 6.40. The van der Waals surface area contributed by atoms with Gasteiger partial charge in [0.05, 0.1) is 0 Å². The van der Waals surface area contributed by atoms with E-state index in [4.69, 9.17) is 10.5 Å². The van der Waals surface area contributed by atoms with Crippen LogP contribution in [0.2, 0.25) is 0 Å². The van der Waals surface area contributed by atoms with Crippen molar-refractivity contribution in [2.45, 2.75) is 33.2 Å². The fraction of sp³-hybridized carbons (Fsp3) is 0.625. The molecule has 1 aliphatic rings. The zero-order valence-electron chi connectivity index (χ0n) is 12.4. The fourth-order valence-electron chi connectivity index (χ4n) is 2.84. The zero-order chi connectivity index (χ0) is 13.8. The molecule has 2 rings (SSSR count). The number of nitrogens with zero attached hydrogens (tertiary/aromatic N) is 1. The van der Waals surface area contributed by atoms with E-state index >= 15 is 0 Å². The third kappa shape index (κ3) is 3.71. The molecular weight excluding hydrogens is 236 g/mol. The van der Waals surface area contributed by atoms with Gasteiger partial charge in [-0.1, -0.05) is 12.1 Å². The van der Waals surface area contributed by atoms with Crippen LogP contribution >= 0.6 is 0 Å². The van der Waals surface area contributed by atoms with Crippen LogP contribution in [0, 0.1) is 19.8 Å². The van der Waals surface area contributed by atoms with Crippen LogP contribution in [0.5, 0.6) is 5.75 Å². The van der Waals surface area contributed by atoms with E-state index in [1.807, 2.05) is 0 Å². The summed E-state index contributed by atoms with van der Waals surface area (Å²) in [6.45, 7) is 10.1. The molecule has 2 N–H and O–H groups in total. The van der Waals surface area contributed by atoms with E-state index in [1.54, 1.807) is 0 Å². The van der Waals surface area contributed by atoms with Crippen molar-refractivity contribution in [1.82, 2.24) is 4.90 Å². The van der Waals surface area contributed by atoms with E-state index in [1.165, 1.54) is 17.5 Å². The highest BCUT2D eigenvalue weighted by atomic mass is 16.5. The maximum absolute atomic E-state index is 5.92. The molecule has 1 aromatic carbocycles. The Morgan fingerprint density at radius 3 is 2.84 bits per heavy atom. The molecule has 1 aliphatic heterocycles. The van der Waals surface area contributed by atoms with E-state index in [9.17, 15) is 0 Å². The van der Waals surface area contributed by atoms with Crippen molar-refractivity contribution in [3.8, 4) is 5.75 Å². The molecule has 1 aromatic rings. The van der Waals surface area contributed by atoms with Crippen LogP contribution in [-0.2, 0) is 0 Å². The smallest absolute Gasteiger partial charge is 0.122 e. The average Bonchev–Trinajstić information content (AvgIpc) is 2.75. The fourth-order valence-corrected chi connectivity index (χ4v) is 2.84. The first kappa shape index (κ1) is 14.4. The van der Waals surface area contributed by atoms with E-state index < -0.39 is 0 Å². The number of likely N-dealkylation sites (tertiary alicyclic amines) is 1. The van der Waals surface area contributed by atoms with Crippen molar-refractivity contribution in [3.05, 3.63) is 29.3 Å². The Balaban J connectivity index is 1.82. The summed E-state index contributed by atoms with van der Waals surface area (Å²) in [5.41, 5.74) is 8.21. The molecule has 1 saturated heterocycles. The van der Waals surface area contributed by atoms with Gasteiger partial charge in [0.2, 0.25) is 0 Å². The highest BCUT2D eigenvalue weighted by Crippen LogP contribution is 2.22. The van der Waals surface area contributed by atoms with Crippen molar-refractivity contribution < 1.29 is 4.74 Å². The quantitative estimate of drug-likeness (QED) is 0.885. The molecule has 106 valence electrons. The molecule has 19 heavy (non-hydrogen) atoms.